The molecule has 0 spiro atoms. The number of halogens is 1. The van der Waals surface area contributed by atoms with E-state index < -0.39 is 0 Å². The molecule has 116 valence electrons. The highest BCUT2D eigenvalue weighted by Crippen LogP contribution is 2.28. The molecule has 0 radical (unpaired) electrons. The predicted octanol–water partition coefficient (Wildman–Crippen LogP) is 4.79. The minimum absolute atomic E-state index is 0.123. The summed E-state index contributed by atoms with van der Waals surface area (Å²) in [5.74, 6) is -0.123. The molecule has 1 aliphatic rings. The minimum atomic E-state index is -0.123. The van der Waals surface area contributed by atoms with Gasteiger partial charge in [0, 0.05) is 5.02 Å². The largest absolute Gasteiger partial charge is 0.300 e. The van der Waals surface area contributed by atoms with E-state index in [4.69, 9.17) is 11.6 Å². The lowest BCUT2D eigenvalue weighted by atomic mass is 10.1. The molecule has 0 atom stereocenters. The summed E-state index contributed by atoms with van der Waals surface area (Å²) < 4.78 is 0. The second-order valence-electron chi connectivity index (χ2n) is 5.05. The van der Waals surface area contributed by atoms with Gasteiger partial charge in [-0.15, -0.1) is 0 Å². The van der Waals surface area contributed by atoms with Crippen LogP contribution in [-0.4, -0.2) is 11.1 Å². The van der Waals surface area contributed by atoms with Gasteiger partial charge in [0.15, 0.2) is 5.17 Å². The third-order valence-corrected chi connectivity index (χ3v) is 4.56. The number of thioether (sulfide) groups is 1. The number of carbonyl (C=O) groups is 1. The number of nitrogens with zero attached hydrogens (tertiary/aromatic N) is 1. The number of aliphatic imine (C=N–C) groups is 1. The summed E-state index contributed by atoms with van der Waals surface area (Å²) in [7, 11) is 0. The van der Waals surface area contributed by atoms with Crippen molar-refractivity contribution in [3.8, 4) is 0 Å². The summed E-state index contributed by atoms with van der Waals surface area (Å²) in [5, 5.41) is 4.02. The van der Waals surface area contributed by atoms with Gasteiger partial charge in [0.25, 0.3) is 5.91 Å². The van der Waals surface area contributed by atoms with E-state index in [2.05, 4.69) is 29.4 Å². The molecule has 1 saturated heterocycles. The number of benzene rings is 2. The number of hydrogen-bond donors (Lipinski definition) is 1. The van der Waals surface area contributed by atoms with Gasteiger partial charge in [-0.1, -0.05) is 42.8 Å². The van der Waals surface area contributed by atoms with E-state index in [1.165, 1.54) is 17.3 Å². The van der Waals surface area contributed by atoms with Crippen molar-refractivity contribution in [3.63, 3.8) is 0 Å². The van der Waals surface area contributed by atoms with Crippen molar-refractivity contribution < 1.29 is 4.79 Å². The van der Waals surface area contributed by atoms with Crippen LogP contribution in [0.4, 0.5) is 5.69 Å². The molecule has 0 aliphatic carbocycles. The standard InChI is InChI=1S/C18H15ClN2OS/c1-2-12-3-5-13(6-4-12)11-16-17(22)21-18(23-16)20-15-9-7-14(19)8-10-15/h3-11H,2H2,1H3,(H,20,21,22)/b16-11-. The van der Waals surface area contributed by atoms with Crippen LogP contribution in [0.5, 0.6) is 0 Å². The Labute approximate surface area is 144 Å². The van der Waals surface area contributed by atoms with Crippen molar-refractivity contribution in [1.29, 1.82) is 0 Å². The van der Waals surface area contributed by atoms with E-state index in [1.807, 2.05) is 30.3 Å². The third kappa shape index (κ3) is 4.03. The zero-order valence-corrected chi connectivity index (χ0v) is 14.1. The van der Waals surface area contributed by atoms with Crippen LogP contribution in [-0.2, 0) is 11.2 Å². The number of amides is 1. The third-order valence-electron chi connectivity index (χ3n) is 3.39. The molecule has 1 aliphatic heterocycles. The maximum absolute atomic E-state index is 12.1. The van der Waals surface area contributed by atoms with Crippen LogP contribution in [0.25, 0.3) is 6.08 Å². The lowest BCUT2D eigenvalue weighted by Gasteiger charge is -1.98. The molecule has 1 fully saturated rings. The number of aryl methyl sites for hydroxylation is 1. The Hall–Kier alpha value is -2.04. The lowest BCUT2D eigenvalue weighted by Crippen LogP contribution is -2.19. The Kier molecular flexibility index (Phi) is 4.84. The van der Waals surface area contributed by atoms with E-state index in [9.17, 15) is 4.79 Å². The van der Waals surface area contributed by atoms with Crippen LogP contribution in [0, 0.1) is 0 Å². The number of hydrogen-bond acceptors (Lipinski definition) is 3. The van der Waals surface area contributed by atoms with Crippen LogP contribution in [0.3, 0.4) is 0 Å². The fourth-order valence-corrected chi connectivity index (χ4v) is 3.08. The Morgan fingerprint density at radius 3 is 2.48 bits per heavy atom. The van der Waals surface area contributed by atoms with Crippen molar-refractivity contribution in [2.45, 2.75) is 13.3 Å². The molecular formula is C18H15ClN2OS. The number of carbonyl (C=O) groups excluding carboxylic acids is 1. The van der Waals surface area contributed by atoms with Crippen molar-refractivity contribution in [1.82, 2.24) is 5.32 Å². The van der Waals surface area contributed by atoms with Crippen molar-refractivity contribution in [2.24, 2.45) is 4.99 Å². The molecule has 2 aromatic rings. The zero-order chi connectivity index (χ0) is 16.2. The summed E-state index contributed by atoms with van der Waals surface area (Å²) in [5.41, 5.74) is 3.04. The molecular weight excluding hydrogens is 328 g/mol. The minimum Gasteiger partial charge on any atom is -0.300 e. The molecule has 0 saturated carbocycles. The Morgan fingerprint density at radius 2 is 1.83 bits per heavy atom. The first-order chi connectivity index (χ1) is 11.1. The van der Waals surface area contributed by atoms with Crippen molar-refractivity contribution >= 4 is 46.2 Å². The quantitative estimate of drug-likeness (QED) is 0.814. The van der Waals surface area contributed by atoms with E-state index in [-0.39, 0.29) is 5.91 Å². The molecule has 3 nitrogen and oxygen atoms in total. The van der Waals surface area contributed by atoms with E-state index >= 15 is 0 Å². The molecule has 1 N–H and O–H groups in total. The Balaban J connectivity index is 1.78. The monoisotopic (exact) mass is 342 g/mol. The lowest BCUT2D eigenvalue weighted by molar-refractivity contribution is -0.115. The average molecular weight is 343 g/mol. The highest BCUT2D eigenvalue weighted by Gasteiger charge is 2.23. The van der Waals surface area contributed by atoms with Gasteiger partial charge in [-0.3, -0.25) is 4.79 Å². The number of nitrogens with one attached hydrogen (secondary N) is 1. The SMILES string of the molecule is CCc1ccc(/C=C2\SC(=Nc3ccc(Cl)cc3)NC2=O)cc1. The van der Waals surface area contributed by atoms with Gasteiger partial charge in [0.05, 0.1) is 10.6 Å². The highest BCUT2D eigenvalue weighted by molar-refractivity contribution is 8.18. The van der Waals surface area contributed by atoms with Gasteiger partial charge in [0.2, 0.25) is 0 Å². The fourth-order valence-electron chi connectivity index (χ4n) is 2.11. The van der Waals surface area contributed by atoms with Gasteiger partial charge in [-0.25, -0.2) is 4.99 Å². The smallest absolute Gasteiger partial charge is 0.264 e. The molecule has 3 rings (SSSR count). The summed E-state index contributed by atoms with van der Waals surface area (Å²) >= 11 is 7.19. The molecule has 0 unspecified atom stereocenters. The summed E-state index contributed by atoms with van der Waals surface area (Å²) in [6, 6.07) is 15.4. The summed E-state index contributed by atoms with van der Waals surface area (Å²) in [6.45, 7) is 2.12. The van der Waals surface area contributed by atoms with Gasteiger partial charge in [0.1, 0.15) is 0 Å². The van der Waals surface area contributed by atoms with Gasteiger partial charge in [-0.05, 0) is 59.7 Å². The molecule has 5 heteroatoms. The molecule has 23 heavy (non-hydrogen) atoms. The molecule has 0 bridgehead atoms. The topological polar surface area (TPSA) is 41.5 Å². The van der Waals surface area contributed by atoms with E-state index in [0.29, 0.717) is 15.1 Å². The van der Waals surface area contributed by atoms with E-state index in [0.717, 1.165) is 17.7 Å². The first-order valence-corrected chi connectivity index (χ1v) is 8.47. The second kappa shape index (κ2) is 7.02. The van der Waals surface area contributed by atoms with Gasteiger partial charge in [-0.2, -0.15) is 0 Å². The second-order valence-corrected chi connectivity index (χ2v) is 6.52. The zero-order valence-electron chi connectivity index (χ0n) is 12.5. The van der Waals surface area contributed by atoms with Crippen molar-refractivity contribution in [3.05, 3.63) is 69.6 Å². The number of rotatable bonds is 3. The van der Waals surface area contributed by atoms with Crippen molar-refractivity contribution in [2.75, 3.05) is 0 Å². The Bertz CT molecular complexity index is 780. The normalized spacial score (nSPS) is 17.7. The van der Waals surface area contributed by atoms with Crippen LogP contribution in [0.2, 0.25) is 5.02 Å². The van der Waals surface area contributed by atoms with Crippen LogP contribution >= 0.6 is 23.4 Å². The maximum Gasteiger partial charge on any atom is 0.264 e. The molecule has 0 aromatic heterocycles. The van der Waals surface area contributed by atoms with Gasteiger partial charge >= 0.3 is 0 Å². The highest BCUT2D eigenvalue weighted by atomic mass is 35.5. The van der Waals surface area contributed by atoms with Crippen LogP contribution < -0.4 is 5.32 Å². The van der Waals surface area contributed by atoms with Crippen LogP contribution in [0.15, 0.2) is 58.4 Å². The first kappa shape index (κ1) is 15.8. The van der Waals surface area contributed by atoms with Gasteiger partial charge < -0.3 is 5.32 Å². The predicted molar refractivity (Wildman–Crippen MR) is 98.1 cm³/mol. The van der Waals surface area contributed by atoms with Crippen LogP contribution in [0.1, 0.15) is 18.1 Å². The summed E-state index contributed by atoms with van der Waals surface area (Å²) in [4.78, 5) is 17.1. The molecule has 2 aromatic carbocycles. The fraction of sp³-hybridized carbons (Fsp3) is 0.111. The molecule has 1 heterocycles. The Morgan fingerprint density at radius 1 is 1.13 bits per heavy atom. The molecule has 1 amide bonds. The number of amidine groups is 1. The first-order valence-electron chi connectivity index (χ1n) is 7.28. The van der Waals surface area contributed by atoms with E-state index in [1.54, 1.807) is 12.1 Å². The summed E-state index contributed by atoms with van der Waals surface area (Å²) in [6.07, 6.45) is 2.88. The average Bonchev–Trinajstić information content (AvgIpc) is 2.90. The maximum atomic E-state index is 12.1.